The molecule has 0 aliphatic carbocycles. The molecule has 0 saturated heterocycles. The topological polar surface area (TPSA) is 75.3 Å². The van der Waals surface area contributed by atoms with Crippen molar-refractivity contribution in [1.82, 2.24) is 4.72 Å². The van der Waals surface area contributed by atoms with E-state index in [1.807, 2.05) is 0 Å². The van der Waals surface area contributed by atoms with Gasteiger partial charge in [-0.25, -0.2) is 8.42 Å². The summed E-state index contributed by atoms with van der Waals surface area (Å²) < 4.78 is 26.7. The maximum atomic E-state index is 12.2. The van der Waals surface area contributed by atoms with E-state index >= 15 is 0 Å². The van der Waals surface area contributed by atoms with E-state index in [2.05, 4.69) is 10.0 Å². The fourth-order valence-electron chi connectivity index (χ4n) is 1.78. The van der Waals surface area contributed by atoms with Gasteiger partial charge in [0.25, 0.3) is 0 Å². The van der Waals surface area contributed by atoms with Crippen LogP contribution in [-0.4, -0.2) is 20.4 Å². The molecule has 2 N–H and O–H groups in total. The molecular formula is C15H14Cl2N2O3S. The molecule has 0 spiro atoms. The summed E-state index contributed by atoms with van der Waals surface area (Å²) in [4.78, 5) is 12.1. The molecule has 0 heterocycles. The summed E-state index contributed by atoms with van der Waals surface area (Å²) in [7, 11) is -3.82. The van der Waals surface area contributed by atoms with Gasteiger partial charge in [-0.15, -0.1) is 0 Å². The average molecular weight is 373 g/mol. The number of carbonyl (C=O) groups excluding carboxylic acids is 1. The van der Waals surface area contributed by atoms with Crippen molar-refractivity contribution < 1.29 is 13.2 Å². The highest BCUT2D eigenvalue weighted by atomic mass is 35.5. The van der Waals surface area contributed by atoms with Crippen LogP contribution in [0.25, 0.3) is 0 Å². The molecule has 0 fully saturated rings. The summed E-state index contributed by atoms with van der Waals surface area (Å²) in [6, 6.07) is 11.3. The van der Waals surface area contributed by atoms with Crippen LogP contribution in [0.1, 0.15) is 6.92 Å². The van der Waals surface area contributed by atoms with Crippen molar-refractivity contribution in [2.24, 2.45) is 0 Å². The second-order valence-corrected chi connectivity index (χ2v) is 7.38. The summed E-state index contributed by atoms with van der Waals surface area (Å²) in [5, 5.41) is 3.49. The van der Waals surface area contributed by atoms with Crippen LogP contribution in [-0.2, 0) is 14.8 Å². The monoisotopic (exact) mass is 372 g/mol. The summed E-state index contributed by atoms with van der Waals surface area (Å²) in [6.45, 7) is 1.45. The van der Waals surface area contributed by atoms with Crippen LogP contribution >= 0.6 is 23.2 Å². The Kier molecular flexibility index (Phi) is 5.64. The third-order valence-corrected chi connectivity index (χ3v) is 4.99. The van der Waals surface area contributed by atoms with E-state index in [1.165, 1.54) is 31.2 Å². The van der Waals surface area contributed by atoms with Gasteiger partial charge in [-0.05, 0) is 49.4 Å². The third kappa shape index (κ3) is 4.94. The summed E-state index contributed by atoms with van der Waals surface area (Å²) in [6.07, 6.45) is 0. The Morgan fingerprint density at radius 2 is 1.70 bits per heavy atom. The van der Waals surface area contributed by atoms with Gasteiger partial charge in [-0.2, -0.15) is 4.72 Å². The van der Waals surface area contributed by atoms with Crippen LogP contribution in [0, 0.1) is 0 Å². The Bertz CT molecular complexity index is 808. The van der Waals surface area contributed by atoms with Crippen LogP contribution in [0.2, 0.25) is 10.0 Å². The number of amides is 1. The van der Waals surface area contributed by atoms with Crippen LogP contribution < -0.4 is 10.0 Å². The molecule has 1 atom stereocenters. The minimum absolute atomic E-state index is 0.0318. The van der Waals surface area contributed by atoms with E-state index in [1.54, 1.807) is 24.3 Å². The molecular weight excluding hydrogens is 359 g/mol. The Hall–Kier alpha value is -1.60. The van der Waals surface area contributed by atoms with E-state index in [0.29, 0.717) is 15.7 Å². The number of halogens is 2. The minimum atomic E-state index is -3.82. The number of hydrogen-bond donors (Lipinski definition) is 2. The molecule has 0 saturated carbocycles. The standard InChI is InChI=1S/C15H14Cl2N2O3S/c1-10(15(20)18-13-4-2-3-12(17)9-13)19-23(21,22)14-7-5-11(16)6-8-14/h2-10,19H,1H3,(H,18,20). The zero-order valence-corrected chi connectivity index (χ0v) is 14.4. The minimum Gasteiger partial charge on any atom is -0.325 e. The Balaban J connectivity index is 2.06. The molecule has 0 aromatic heterocycles. The second kappa shape index (κ2) is 7.31. The molecule has 0 radical (unpaired) electrons. The van der Waals surface area contributed by atoms with Crippen molar-refractivity contribution in [1.29, 1.82) is 0 Å². The molecule has 2 rings (SSSR count). The lowest BCUT2D eigenvalue weighted by molar-refractivity contribution is -0.117. The normalized spacial score (nSPS) is 12.7. The van der Waals surface area contributed by atoms with E-state index in [4.69, 9.17) is 23.2 Å². The molecule has 0 aliphatic heterocycles. The average Bonchev–Trinajstić information content (AvgIpc) is 2.47. The number of nitrogens with one attached hydrogen (secondary N) is 2. The predicted molar refractivity (Wildman–Crippen MR) is 91.3 cm³/mol. The smallest absolute Gasteiger partial charge is 0.242 e. The fraction of sp³-hybridized carbons (Fsp3) is 0.133. The zero-order chi connectivity index (χ0) is 17.0. The van der Waals surface area contributed by atoms with Gasteiger partial charge in [0.1, 0.15) is 0 Å². The van der Waals surface area contributed by atoms with Gasteiger partial charge < -0.3 is 5.32 Å². The molecule has 0 aliphatic rings. The molecule has 1 amide bonds. The highest BCUT2D eigenvalue weighted by molar-refractivity contribution is 7.89. The van der Waals surface area contributed by atoms with Crippen LogP contribution in [0.5, 0.6) is 0 Å². The number of benzene rings is 2. The molecule has 8 heteroatoms. The van der Waals surface area contributed by atoms with Crippen LogP contribution in [0.15, 0.2) is 53.4 Å². The first-order valence-electron chi connectivity index (χ1n) is 6.62. The zero-order valence-electron chi connectivity index (χ0n) is 12.1. The van der Waals surface area contributed by atoms with Gasteiger partial charge in [0, 0.05) is 15.7 Å². The molecule has 1 unspecified atom stereocenters. The van der Waals surface area contributed by atoms with Crippen molar-refractivity contribution in [3.05, 3.63) is 58.6 Å². The molecule has 0 bridgehead atoms. The van der Waals surface area contributed by atoms with Crippen molar-refractivity contribution in [2.45, 2.75) is 17.9 Å². The maximum Gasteiger partial charge on any atom is 0.242 e. The number of hydrogen-bond acceptors (Lipinski definition) is 3. The predicted octanol–water partition coefficient (Wildman–Crippen LogP) is 3.30. The number of anilines is 1. The van der Waals surface area contributed by atoms with Gasteiger partial charge in [0.2, 0.25) is 15.9 Å². The first-order chi connectivity index (χ1) is 10.8. The fourth-order valence-corrected chi connectivity index (χ4v) is 3.30. The lowest BCUT2D eigenvalue weighted by Gasteiger charge is -2.14. The van der Waals surface area contributed by atoms with Gasteiger partial charge in [0.05, 0.1) is 10.9 Å². The van der Waals surface area contributed by atoms with Crippen molar-refractivity contribution in [3.63, 3.8) is 0 Å². The highest BCUT2D eigenvalue weighted by Crippen LogP contribution is 2.16. The number of rotatable bonds is 5. The summed E-state index contributed by atoms with van der Waals surface area (Å²) in [5.41, 5.74) is 0.486. The molecule has 122 valence electrons. The first-order valence-corrected chi connectivity index (χ1v) is 8.86. The van der Waals surface area contributed by atoms with Gasteiger partial charge in [-0.1, -0.05) is 29.3 Å². The van der Waals surface area contributed by atoms with Crippen molar-refractivity contribution in [2.75, 3.05) is 5.32 Å². The number of sulfonamides is 1. The van der Waals surface area contributed by atoms with Crippen LogP contribution in [0.4, 0.5) is 5.69 Å². The Morgan fingerprint density at radius 3 is 2.30 bits per heavy atom. The maximum absolute atomic E-state index is 12.2. The second-order valence-electron chi connectivity index (χ2n) is 4.80. The van der Waals surface area contributed by atoms with E-state index in [0.717, 1.165) is 0 Å². The van der Waals surface area contributed by atoms with Crippen molar-refractivity contribution >= 4 is 44.8 Å². The molecule has 2 aromatic rings. The summed E-state index contributed by atoms with van der Waals surface area (Å²) in [5.74, 6) is -0.496. The highest BCUT2D eigenvalue weighted by Gasteiger charge is 2.22. The van der Waals surface area contributed by atoms with E-state index in [-0.39, 0.29) is 4.90 Å². The third-order valence-electron chi connectivity index (χ3n) is 2.94. The SMILES string of the molecule is CC(NS(=O)(=O)c1ccc(Cl)cc1)C(=O)Nc1cccc(Cl)c1. The summed E-state index contributed by atoms with van der Waals surface area (Å²) >= 11 is 11.6. The molecule has 5 nitrogen and oxygen atoms in total. The van der Waals surface area contributed by atoms with Crippen molar-refractivity contribution in [3.8, 4) is 0 Å². The van der Waals surface area contributed by atoms with Gasteiger partial charge >= 0.3 is 0 Å². The molecule has 23 heavy (non-hydrogen) atoms. The molecule has 2 aromatic carbocycles. The van der Waals surface area contributed by atoms with Gasteiger partial charge in [-0.3, -0.25) is 4.79 Å². The van der Waals surface area contributed by atoms with E-state index in [9.17, 15) is 13.2 Å². The van der Waals surface area contributed by atoms with Crippen LogP contribution in [0.3, 0.4) is 0 Å². The van der Waals surface area contributed by atoms with E-state index < -0.39 is 22.0 Å². The Morgan fingerprint density at radius 1 is 1.04 bits per heavy atom. The Labute approximate surface area is 144 Å². The quantitative estimate of drug-likeness (QED) is 0.845. The van der Waals surface area contributed by atoms with Gasteiger partial charge in [0.15, 0.2) is 0 Å². The largest absolute Gasteiger partial charge is 0.325 e. The lowest BCUT2D eigenvalue weighted by atomic mass is 10.3. The first kappa shape index (κ1) is 17.7. The number of carbonyl (C=O) groups is 1. The lowest BCUT2D eigenvalue weighted by Crippen LogP contribution is -2.41.